The van der Waals surface area contributed by atoms with E-state index in [1.807, 2.05) is 0 Å². The maximum Gasteiger partial charge on any atom is 0.377 e. The average Bonchev–Trinajstić information content (AvgIpc) is 2.54. The van der Waals surface area contributed by atoms with Crippen molar-refractivity contribution in [2.45, 2.75) is 0 Å². The molecule has 0 aromatic carbocycles. The smallest absolute Gasteiger partial charge is 0.333 e. The van der Waals surface area contributed by atoms with Crippen molar-refractivity contribution in [1.82, 2.24) is 4.98 Å². The van der Waals surface area contributed by atoms with Crippen molar-refractivity contribution in [3.8, 4) is 0 Å². The van der Waals surface area contributed by atoms with Crippen LogP contribution in [-0.2, 0) is 27.2 Å². The normalized spacial score (nSPS) is 13.2. The van der Waals surface area contributed by atoms with Crippen LogP contribution in [-0.4, -0.2) is 33.4 Å². The Labute approximate surface area is 123 Å². The van der Waals surface area contributed by atoms with Crippen molar-refractivity contribution in [2.75, 3.05) is 33.8 Å². The van der Waals surface area contributed by atoms with E-state index in [0.717, 1.165) is 5.82 Å². The predicted octanol–water partition coefficient (Wildman–Crippen LogP) is 3.26. The Kier molecular flexibility index (Phi) is 6.74. The van der Waals surface area contributed by atoms with Gasteiger partial charge < -0.3 is 23.4 Å². The highest BCUT2D eigenvalue weighted by atomic mass is 31.2. The first-order chi connectivity index (χ1) is 9.93. The van der Waals surface area contributed by atoms with Gasteiger partial charge in [0.2, 0.25) is 0 Å². The molecule has 0 fully saturated rings. The van der Waals surface area contributed by atoms with Gasteiger partial charge in [0.25, 0.3) is 0 Å². The maximum atomic E-state index is 12.5. The first-order valence-electron chi connectivity index (χ1n) is 5.77. The third kappa shape index (κ3) is 4.74. The quantitative estimate of drug-likeness (QED) is 0.723. The molecule has 8 nitrogen and oxygen atoms in total. The zero-order chi connectivity index (χ0) is 15.9. The molecule has 0 aliphatic carbocycles. The van der Waals surface area contributed by atoms with Gasteiger partial charge >= 0.3 is 15.2 Å². The number of rotatable bonds is 8. The number of hydrogen-bond acceptors (Lipinski definition) is 8. The van der Waals surface area contributed by atoms with Gasteiger partial charge in [0, 0.05) is 34.6 Å². The highest BCUT2D eigenvalue weighted by molar-refractivity contribution is 7.62. The lowest BCUT2D eigenvalue weighted by molar-refractivity contribution is 0.279. The van der Waals surface area contributed by atoms with E-state index in [4.69, 9.17) is 18.1 Å². The summed E-state index contributed by atoms with van der Waals surface area (Å²) in [6.07, 6.45) is 1.54. The van der Waals surface area contributed by atoms with Crippen LogP contribution in [0.4, 0.5) is 5.82 Å². The molecule has 0 radical (unpaired) electrons. The van der Waals surface area contributed by atoms with Gasteiger partial charge in [-0.05, 0) is 12.1 Å². The zero-order valence-electron chi connectivity index (χ0n) is 12.2. The van der Waals surface area contributed by atoms with E-state index >= 15 is 0 Å². The van der Waals surface area contributed by atoms with Gasteiger partial charge in [0.05, 0.1) is 5.82 Å². The van der Waals surface area contributed by atoms with Gasteiger partial charge in [0.1, 0.15) is 11.3 Å². The van der Waals surface area contributed by atoms with E-state index in [0.29, 0.717) is 5.82 Å². The van der Waals surface area contributed by atoms with Gasteiger partial charge in [-0.2, -0.15) is 0 Å². The average molecular weight is 336 g/mol. The number of nitrogens with zero attached hydrogens (tertiary/aromatic N) is 1. The highest BCUT2D eigenvalue weighted by Crippen LogP contribution is 2.60. The van der Waals surface area contributed by atoms with E-state index < -0.39 is 15.2 Å². The monoisotopic (exact) mass is 336 g/mol. The summed E-state index contributed by atoms with van der Waals surface area (Å²) in [5.74, 6) is 1.42. The second kappa shape index (κ2) is 7.84. The minimum Gasteiger partial charge on any atom is -0.333 e. The lowest BCUT2D eigenvalue weighted by atomic mass is 10.5. The second-order valence-corrected chi connectivity index (χ2v) is 7.90. The third-order valence-corrected chi connectivity index (χ3v) is 6.07. The van der Waals surface area contributed by atoms with E-state index in [9.17, 15) is 9.13 Å². The third-order valence-electron chi connectivity index (χ3n) is 2.49. The van der Waals surface area contributed by atoms with Crippen LogP contribution in [0, 0.1) is 0 Å². The van der Waals surface area contributed by atoms with Gasteiger partial charge in [-0.3, -0.25) is 9.13 Å². The van der Waals surface area contributed by atoms with E-state index in [1.54, 1.807) is 18.2 Å². The number of aromatic nitrogens is 1. The zero-order valence-corrected chi connectivity index (χ0v) is 14.0. The van der Waals surface area contributed by atoms with Crippen LogP contribution >= 0.6 is 15.2 Å². The molecule has 118 valence electrons. The molecule has 0 aliphatic rings. The molecule has 1 N–H and O–H groups in total. The standard InChI is InChI=1S/C11H18N2O6P2/c1-16-20(14,17-2)9-11(21(15,18-3)19-4)13-10-7-5-6-8-12-10/h5-9H,1-4H3,(H,12,13)/b11-9+. The fourth-order valence-electron chi connectivity index (χ4n) is 1.34. The number of anilines is 1. The maximum absolute atomic E-state index is 12.5. The fraction of sp³-hybridized carbons (Fsp3) is 0.364. The van der Waals surface area contributed by atoms with Crippen LogP contribution in [0.3, 0.4) is 0 Å². The van der Waals surface area contributed by atoms with Crippen molar-refractivity contribution in [3.05, 3.63) is 35.7 Å². The van der Waals surface area contributed by atoms with Crippen LogP contribution in [0.1, 0.15) is 0 Å². The first-order valence-corrected chi connectivity index (χ1v) is 8.92. The number of hydrogen-bond donors (Lipinski definition) is 1. The summed E-state index contributed by atoms with van der Waals surface area (Å²) in [4.78, 5) is 4.03. The molecule has 1 aromatic heterocycles. The molecule has 0 aliphatic heterocycles. The summed E-state index contributed by atoms with van der Waals surface area (Å²) in [7, 11) is -2.44. The summed E-state index contributed by atoms with van der Waals surface area (Å²) < 4.78 is 44.2. The van der Waals surface area contributed by atoms with Crippen LogP contribution < -0.4 is 5.32 Å². The van der Waals surface area contributed by atoms with Crippen molar-refractivity contribution >= 4 is 21.0 Å². The number of pyridine rings is 1. The van der Waals surface area contributed by atoms with E-state index in [-0.39, 0.29) is 5.44 Å². The van der Waals surface area contributed by atoms with Crippen molar-refractivity contribution in [3.63, 3.8) is 0 Å². The Balaban J connectivity index is 3.27. The minimum atomic E-state index is -3.70. The summed E-state index contributed by atoms with van der Waals surface area (Å²) in [6, 6.07) is 5.08. The van der Waals surface area contributed by atoms with Gasteiger partial charge in [0.15, 0.2) is 0 Å². The molecular formula is C11H18N2O6P2. The topological polar surface area (TPSA) is 96.0 Å². The summed E-state index contributed by atoms with van der Waals surface area (Å²) in [6.45, 7) is 0. The van der Waals surface area contributed by atoms with Crippen molar-refractivity contribution in [1.29, 1.82) is 0 Å². The lowest BCUT2D eigenvalue weighted by Crippen LogP contribution is -2.05. The molecule has 1 aromatic rings. The van der Waals surface area contributed by atoms with Crippen LogP contribution in [0.15, 0.2) is 35.7 Å². The Morgan fingerprint density at radius 1 is 1.10 bits per heavy atom. The molecule has 0 amide bonds. The molecule has 0 spiro atoms. The molecule has 0 unspecified atom stereocenters. The van der Waals surface area contributed by atoms with E-state index in [2.05, 4.69) is 10.3 Å². The van der Waals surface area contributed by atoms with Crippen LogP contribution in [0.2, 0.25) is 0 Å². The van der Waals surface area contributed by atoms with Gasteiger partial charge in [-0.15, -0.1) is 0 Å². The molecule has 0 saturated heterocycles. The minimum absolute atomic E-state index is 0.0850. The molecule has 0 atom stereocenters. The Hall–Kier alpha value is -1.01. The molecular weight excluding hydrogens is 318 g/mol. The predicted molar refractivity (Wildman–Crippen MR) is 79.2 cm³/mol. The molecule has 0 saturated carbocycles. The lowest BCUT2D eigenvalue weighted by Gasteiger charge is -2.20. The molecule has 1 heterocycles. The largest absolute Gasteiger partial charge is 0.377 e. The van der Waals surface area contributed by atoms with E-state index in [1.165, 1.54) is 34.6 Å². The Morgan fingerprint density at radius 3 is 2.14 bits per heavy atom. The number of nitrogens with one attached hydrogen (secondary N) is 1. The summed E-state index contributed by atoms with van der Waals surface area (Å²) in [5.41, 5.74) is -0.0850. The molecule has 0 bridgehead atoms. The Bertz CT molecular complexity index is 561. The molecule has 10 heteroatoms. The summed E-state index contributed by atoms with van der Waals surface area (Å²) >= 11 is 0. The fourth-order valence-corrected chi connectivity index (χ4v) is 3.85. The van der Waals surface area contributed by atoms with Crippen molar-refractivity contribution in [2.24, 2.45) is 0 Å². The van der Waals surface area contributed by atoms with Gasteiger partial charge in [-0.25, -0.2) is 4.98 Å². The van der Waals surface area contributed by atoms with Crippen molar-refractivity contribution < 1.29 is 27.2 Å². The first kappa shape index (κ1) is 18.0. The van der Waals surface area contributed by atoms with Crippen LogP contribution in [0.5, 0.6) is 0 Å². The second-order valence-electron chi connectivity index (χ2n) is 3.62. The Morgan fingerprint density at radius 2 is 1.71 bits per heavy atom. The highest BCUT2D eigenvalue weighted by Gasteiger charge is 2.32. The molecule has 21 heavy (non-hydrogen) atoms. The SMILES string of the molecule is COP(=O)(/C=C(\Nc1ccccn1)P(=O)(OC)OC)OC. The molecule has 1 rings (SSSR count). The van der Waals surface area contributed by atoms with Gasteiger partial charge in [-0.1, -0.05) is 6.07 Å². The summed E-state index contributed by atoms with van der Waals surface area (Å²) in [5, 5.41) is 2.75. The van der Waals surface area contributed by atoms with Crippen LogP contribution in [0.25, 0.3) is 0 Å².